The predicted octanol–water partition coefficient (Wildman–Crippen LogP) is 3.46. The molecule has 1 aliphatic heterocycles. The molecule has 2 aromatic carbocycles. The minimum absolute atomic E-state index is 0.0146. The van der Waals surface area contributed by atoms with Gasteiger partial charge in [-0.25, -0.2) is 14.0 Å². The Morgan fingerprint density at radius 3 is 2.90 bits per heavy atom. The van der Waals surface area contributed by atoms with Crippen molar-refractivity contribution in [3.8, 4) is 0 Å². The largest absolute Gasteiger partial charge is 0.450 e. The minimum Gasteiger partial charge on any atom is -0.450 e. The smallest absolute Gasteiger partial charge is 0.411 e. The predicted molar refractivity (Wildman–Crippen MR) is 109 cm³/mol. The van der Waals surface area contributed by atoms with Gasteiger partial charge in [0.2, 0.25) is 5.91 Å². The van der Waals surface area contributed by atoms with Gasteiger partial charge in [0.1, 0.15) is 17.1 Å². The number of fused-ring (bicyclic) bond motifs is 2. The lowest BCUT2D eigenvalue weighted by atomic mass is 10.1. The number of hydrogen-bond donors (Lipinski definition) is 2. The molecular formula is C21H18FN3O5. The second kappa shape index (κ2) is 7.86. The van der Waals surface area contributed by atoms with Gasteiger partial charge in [0, 0.05) is 29.8 Å². The number of amides is 2. The third kappa shape index (κ3) is 3.82. The van der Waals surface area contributed by atoms with Gasteiger partial charge in [0.15, 0.2) is 0 Å². The molecule has 154 valence electrons. The quantitative estimate of drug-likeness (QED) is 0.638. The van der Waals surface area contributed by atoms with Crippen LogP contribution in [-0.2, 0) is 16.1 Å². The van der Waals surface area contributed by atoms with Crippen molar-refractivity contribution in [2.45, 2.75) is 13.5 Å². The number of hydrogen-bond acceptors (Lipinski definition) is 6. The maximum atomic E-state index is 14.1. The number of nitrogens with one attached hydrogen (secondary N) is 2. The second-order valence-electron chi connectivity index (χ2n) is 6.69. The Morgan fingerprint density at radius 1 is 1.27 bits per heavy atom. The van der Waals surface area contributed by atoms with Crippen molar-refractivity contribution in [2.24, 2.45) is 0 Å². The van der Waals surface area contributed by atoms with Crippen molar-refractivity contribution in [1.29, 1.82) is 0 Å². The number of nitrogens with zero attached hydrogens (tertiary/aromatic N) is 1. The van der Waals surface area contributed by atoms with Crippen LogP contribution in [-0.4, -0.2) is 25.2 Å². The highest BCUT2D eigenvalue weighted by Crippen LogP contribution is 2.33. The van der Waals surface area contributed by atoms with Crippen molar-refractivity contribution in [3.05, 3.63) is 64.3 Å². The molecule has 0 saturated carbocycles. The molecule has 1 aliphatic rings. The summed E-state index contributed by atoms with van der Waals surface area (Å²) in [7, 11) is 0. The summed E-state index contributed by atoms with van der Waals surface area (Å²) < 4.78 is 24.2. The zero-order valence-corrected chi connectivity index (χ0v) is 16.0. The Morgan fingerprint density at radius 2 is 2.10 bits per heavy atom. The average molecular weight is 411 g/mol. The number of rotatable bonds is 4. The standard InChI is InChI=1S/C21H18FN3O5/c1-2-29-21(28)23-13-6-7-14-12(8-19(27)30-17(14)9-13)10-25-11-18(26)24-20-15(22)4-3-5-16(20)25/h3-9H,2,10-11H2,1H3,(H,23,28)(H,24,26). The van der Waals surface area contributed by atoms with Gasteiger partial charge in [-0.05, 0) is 36.8 Å². The summed E-state index contributed by atoms with van der Waals surface area (Å²) in [5, 5.41) is 5.73. The third-order valence-corrected chi connectivity index (χ3v) is 4.64. The first kappa shape index (κ1) is 19.4. The molecular weight excluding hydrogens is 393 g/mol. The van der Waals surface area contributed by atoms with Crippen molar-refractivity contribution in [3.63, 3.8) is 0 Å². The van der Waals surface area contributed by atoms with Crippen LogP contribution in [0.2, 0.25) is 0 Å². The summed E-state index contributed by atoms with van der Waals surface area (Å²) >= 11 is 0. The van der Waals surface area contributed by atoms with Gasteiger partial charge in [-0.15, -0.1) is 0 Å². The third-order valence-electron chi connectivity index (χ3n) is 4.64. The van der Waals surface area contributed by atoms with Crippen LogP contribution in [0, 0.1) is 5.82 Å². The molecule has 30 heavy (non-hydrogen) atoms. The SMILES string of the molecule is CCOC(=O)Nc1ccc2c(CN3CC(=O)Nc4c(F)cccc43)cc(=O)oc2c1. The summed E-state index contributed by atoms with van der Waals surface area (Å²) in [6.45, 7) is 2.12. The van der Waals surface area contributed by atoms with Crippen molar-refractivity contribution >= 4 is 40.0 Å². The first-order valence-electron chi connectivity index (χ1n) is 9.28. The molecule has 0 spiro atoms. The van der Waals surface area contributed by atoms with Crippen LogP contribution in [0.4, 0.5) is 26.2 Å². The summed E-state index contributed by atoms with van der Waals surface area (Å²) in [5.41, 5.74) is 1.35. The van der Waals surface area contributed by atoms with Gasteiger partial charge < -0.3 is 19.4 Å². The number of para-hydroxylation sites is 1. The van der Waals surface area contributed by atoms with Crippen molar-refractivity contribution in [1.82, 2.24) is 0 Å². The van der Waals surface area contributed by atoms with Gasteiger partial charge in [0.05, 0.1) is 18.8 Å². The van der Waals surface area contributed by atoms with E-state index >= 15 is 0 Å². The second-order valence-corrected chi connectivity index (χ2v) is 6.69. The number of carbonyl (C=O) groups excluding carboxylic acids is 2. The molecule has 0 aliphatic carbocycles. The minimum atomic E-state index is -0.617. The topological polar surface area (TPSA) is 101 Å². The molecule has 0 saturated heterocycles. The van der Waals surface area contributed by atoms with E-state index in [2.05, 4.69) is 10.6 Å². The molecule has 0 unspecified atom stereocenters. The fourth-order valence-electron chi connectivity index (χ4n) is 3.41. The number of anilines is 3. The summed E-state index contributed by atoms with van der Waals surface area (Å²) in [6.07, 6.45) is -0.617. The summed E-state index contributed by atoms with van der Waals surface area (Å²) in [4.78, 5) is 37.5. The van der Waals surface area contributed by atoms with Crippen LogP contribution in [0.15, 0.2) is 51.7 Å². The molecule has 0 atom stereocenters. The van der Waals surface area contributed by atoms with Gasteiger partial charge in [-0.3, -0.25) is 10.1 Å². The zero-order valence-electron chi connectivity index (χ0n) is 16.0. The Kier molecular flexibility index (Phi) is 5.09. The highest BCUT2D eigenvalue weighted by atomic mass is 19.1. The molecule has 2 N–H and O–H groups in total. The summed E-state index contributed by atoms with van der Waals surface area (Å²) in [6, 6.07) is 10.7. The molecule has 9 heteroatoms. The van der Waals surface area contributed by atoms with Crippen molar-refractivity contribution < 1.29 is 23.1 Å². The van der Waals surface area contributed by atoms with E-state index in [4.69, 9.17) is 9.15 Å². The molecule has 0 fully saturated rings. The van der Waals surface area contributed by atoms with Gasteiger partial charge >= 0.3 is 11.7 Å². The van der Waals surface area contributed by atoms with Crippen molar-refractivity contribution in [2.75, 3.05) is 28.7 Å². The Bertz CT molecular complexity index is 1210. The van der Waals surface area contributed by atoms with Gasteiger partial charge in [0.25, 0.3) is 0 Å². The van der Waals surface area contributed by atoms with Crippen LogP contribution >= 0.6 is 0 Å². The molecule has 1 aromatic heterocycles. The molecule has 2 heterocycles. The van der Waals surface area contributed by atoms with Crippen LogP contribution in [0.3, 0.4) is 0 Å². The lowest BCUT2D eigenvalue weighted by Crippen LogP contribution is -2.38. The highest BCUT2D eigenvalue weighted by Gasteiger charge is 2.25. The first-order chi connectivity index (χ1) is 14.4. The van der Waals surface area contributed by atoms with E-state index in [9.17, 15) is 18.8 Å². The molecule has 4 rings (SSSR count). The first-order valence-corrected chi connectivity index (χ1v) is 9.28. The van der Waals surface area contributed by atoms with E-state index in [0.29, 0.717) is 22.3 Å². The fraction of sp³-hybridized carbons (Fsp3) is 0.190. The summed E-state index contributed by atoms with van der Waals surface area (Å²) in [5.74, 6) is -0.876. The van der Waals surface area contributed by atoms with Crippen LogP contribution in [0.1, 0.15) is 12.5 Å². The van der Waals surface area contributed by atoms with E-state index in [0.717, 1.165) is 0 Å². The molecule has 0 radical (unpaired) electrons. The fourth-order valence-corrected chi connectivity index (χ4v) is 3.41. The normalized spacial score (nSPS) is 13.0. The van der Waals surface area contributed by atoms with Gasteiger partial charge in [-0.1, -0.05) is 6.07 Å². The molecule has 8 nitrogen and oxygen atoms in total. The molecule has 3 aromatic rings. The number of halogens is 1. The van der Waals surface area contributed by atoms with E-state index < -0.39 is 17.5 Å². The average Bonchev–Trinajstić information content (AvgIpc) is 2.68. The van der Waals surface area contributed by atoms with Gasteiger partial charge in [-0.2, -0.15) is 0 Å². The van der Waals surface area contributed by atoms with E-state index in [1.165, 1.54) is 18.2 Å². The van der Waals surface area contributed by atoms with E-state index in [1.54, 1.807) is 36.1 Å². The number of ether oxygens (including phenoxy) is 1. The van der Waals surface area contributed by atoms with E-state index in [1.807, 2.05) is 0 Å². The Balaban J connectivity index is 1.70. The highest BCUT2D eigenvalue weighted by molar-refractivity contribution is 6.01. The van der Waals surface area contributed by atoms with Crippen LogP contribution in [0.25, 0.3) is 11.0 Å². The Hall–Kier alpha value is -3.88. The molecule has 0 bridgehead atoms. The lowest BCUT2D eigenvalue weighted by molar-refractivity contribution is -0.115. The maximum Gasteiger partial charge on any atom is 0.411 e. The van der Waals surface area contributed by atoms with Crippen LogP contribution in [0.5, 0.6) is 0 Å². The molecule has 2 amide bonds. The lowest BCUT2D eigenvalue weighted by Gasteiger charge is -2.31. The van der Waals surface area contributed by atoms with Crippen LogP contribution < -0.4 is 21.2 Å². The monoisotopic (exact) mass is 411 g/mol. The zero-order chi connectivity index (χ0) is 21.3. The van der Waals surface area contributed by atoms with E-state index in [-0.39, 0.29) is 36.9 Å². The Labute approximate surface area is 170 Å². The number of carbonyl (C=O) groups is 2. The maximum absolute atomic E-state index is 14.1. The number of benzene rings is 2.